The van der Waals surface area contributed by atoms with E-state index in [4.69, 9.17) is 11.1 Å². The van der Waals surface area contributed by atoms with Crippen molar-refractivity contribution in [3.05, 3.63) is 11.8 Å². The Hall–Kier alpha value is -0.830. The molecule has 1 aliphatic rings. The number of aliphatic hydroxyl groups is 1. The minimum absolute atomic E-state index is 0.432. The molecule has 0 aliphatic heterocycles. The first-order valence-electron chi connectivity index (χ1n) is 3.47. The molecule has 0 heterocycles. The monoisotopic (exact) mass is 141 g/mol. The highest BCUT2D eigenvalue weighted by atomic mass is 16.3. The molecule has 0 bridgehead atoms. The summed E-state index contributed by atoms with van der Waals surface area (Å²) in [7, 11) is 0. The first-order chi connectivity index (χ1) is 4.75. The molecule has 1 rings (SSSR count). The summed E-state index contributed by atoms with van der Waals surface area (Å²) in [5.41, 5.74) is 6.71. The Morgan fingerprint density at radius 1 is 1.70 bits per heavy atom. The highest BCUT2D eigenvalue weighted by Crippen LogP contribution is 2.17. The van der Waals surface area contributed by atoms with E-state index in [2.05, 4.69) is 0 Å². The fourth-order valence-electron chi connectivity index (χ4n) is 1.22. The van der Waals surface area contributed by atoms with Gasteiger partial charge in [-0.3, -0.25) is 5.41 Å². The second kappa shape index (κ2) is 2.84. The lowest BCUT2D eigenvalue weighted by atomic mass is 9.91. The zero-order valence-corrected chi connectivity index (χ0v) is 5.88. The van der Waals surface area contributed by atoms with Crippen molar-refractivity contribution in [2.75, 3.05) is 0 Å². The highest BCUT2D eigenvalue weighted by molar-refractivity contribution is 5.96. The number of hydrogen-bond donors (Lipinski definition) is 3. The lowest BCUT2D eigenvalue weighted by Crippen LogP contribution is -2.45. The molecule has 0 aromatic rings. The zero-order valence-electron chi connectivity index (χ0n) is 5.88. The lowest BCUT2D eigenvalue weighted by Gasteiger charge is -2.16. The van der Waals surface area contributed by atoms with Crippen LogP contribution in [0.4, 0.5) is 0 Å². The van der Waals surface area contributed by atoms with Crippen LogP contribution in [0, 0.1) is 0 Å². The molecule has 0 amide bonds. The van der Waals surface area contributed by atoms with Gasteiger partial charge < -0.3 is 10.8 Å². The van der Waals surface area contributed by atoms with Gasteiger partial charge in [-0.15, -0.1) is 0 Å². The van der Waals surface area contributed by atoms with Crippen LogP contribution < -0.4 is 11.1 Å². The Balaban J connectivity index is 2.73. The fraction of sp³-hybridized carbons (Fsp3) is 0.571. The molecule has 0 saturated heterocycles. The maximum absolute atomic E-state index is 9.29. The van der Waals surface area contributed by atoms with Crippen LogP contribution in [0.2, 0.25) is 0 Å². The van der Waals surface area contributed by atoms with Gasteiger partial charge in [-0.1, -0.05) is 0 Å². The molecule has 0 spiro atoms. The fourth-order valence-corrected chi connectivity index (χ4v) is 1.22. The van der Waals surface area contributed by atoms with Gasteiger partial charge in [0.2, 0.25) is 0 Å². The number of nitrogens with two attached hydrogens (primary N) is 2. The van der Waals surface area contributed by atoms with Gasteiger partial charge in [-0.05, 0) is 12.8 Å². The van der Waals surface area contributed by atoms with Gasteiger partial charge in [0.15, 0.2) is 5.71 Å². The molecule has 0 aromatic heterocycles. The number of aliphatic hydroxyl groups excluding tert-OH is 1. The first kappa shape index (κ1) is 7.28. The lowest BCUT2D eigenvalue weighted by molar-refractivity contribution is -0.117. The predicted molar refractivity (Wildman–Crippen MR) is 39.1 cm³/mol. The van der Waals surface area contributed by atoms with Crippen molar-refractivity contribution < 1.29 is 10.5 Å². The van der Waals surface area contributed by atoms with E-state index >= 15 is 0 Å². The molecule has 1 fully saturated rings. The van der Waals surface area contributed by atoms with Crippen molar-refractivity contribution in [1.29, 1.82) is 0 Å². The van der Waals surface area contributed by atoms with E-state index in [9.17, 15) is 5.11 Å². The summed E-state index contributed by atoms with van der Waals surface area (Å²) in [6.45, 7) is 0. The van der Waals surface area contributed by atoms with Crippen LogP contribution in [0.5, 0.6) is 0 Å². The summed E-state index contributed by atoms with van der Waals surface area (Å²) in [5.74, 6) is 0. The van der Waals surface area contributed by atoms with Gasteiger partial charge in [0.05, 0.1) is 11.7 Å². The van der Waals surface area contributed by atoms with E-state index in [-0.39, 0.29) is 0 Å². The second-order valence-electron chi connectivity index (χ2n) is 2.56. The Morgan fingerprint density at radius 2 is 2.40 bits per heavy atom. The number of hydrogen-bond acceptors (Lipinski definition) is 2. The normalized spacial score (nSPS) is 31.1. The van der Waals surface area contributed by atoms with Crippen molar-refractivity contribution >= 4 is 5.71 Å². The molecule has 10 heavy (non-hydrogen) atoms. The Labute approximate surface area is 60.1 Å². The van der Waals surface area contributed by atoms with Gasteiger partial charge in [-0.2, -0.15) is 0 Å². The largest absolute Gasteiger partial charge is 0.404 e. The van der Waals surface area contributed by atoms with E-state index in [1.807, 2.05) is 0 Å². The summed E-state index contributed by atoms with van der Waals surface area (Å²) in [6, 6.07) is 0. The van der Waals surface area contributed by atoms with Crippen LogP contribution >= 0.6 is 0 Å². The van der Waals surface area contributed by atoms with E-state index in [1.165, 1.54) is 6.20 Å². The van der Waals surface area contributed by atoms with Crippen LogP contribution in [-0.4, -0.2) is 16.9 Å². The second-order valence-corrected chi connectivity index (χ2v) is 2.56. The summed E-state index contributed by atoms with van der Waals surface area (Å²) in [4.78, 5) is 0. The van der Waals surface area contributed by atoms with E-state index in [0.29, 0.717) is 5.57 Å². The SMILES string of the molecule is N/C=C1\C(=[NH2+])CCCC1O. The van der Waals surface area contributed by atoms with Crippen LogP contribution in [0.15, 0.2) is 11.8 Å². The Morgan fingerprint density at radius 3 is 2.80 bits per heavy atom. The van der Waals surface area contributed by atoms with Gasteiger partial charge in [0.1, 0.15) is 0 Å². The molecular weight excluding hydrogens is 128 g/mol. The molecule has 3 nitrogen and oxygen atoms in total. The van der Waals surface area contributed by atoms with Crippen molar-refractivity contribution in [1.82, 2.24) is 0 Å². The molecule has 1 aliphatic carbocycles. The maximum Gasteiger partial charge on any atom is 0.180 e. The summed E-state index contributed by atoms with van der Waals surface area (Å²) in [6.07, 6.45) is 3.58. The third-order valence-corrected chi connectivity index (χ3v) is 1.83. The molecular formula is C7H13N2O+. The molecule has 5 N–H and O–H groups in total. The predicted octanol–water partition coefficient (Wildman–Crippen LogP) is -1.43. The Bertz CT molecular complexity index is 174. The van der Waals surface area contributed by atoms with E-state index < -0.39 is 6.10 Å². The van der Waals surface area contributed by atoms with E-state index in [1.54, 1.807) is 0 Å². The van der Waals surface area contributed by atoms with Gasteiger partial charge in [0, 0.05) is 12.6 Å². The third kappa shape index (κ3) is 1.19. The summed E-state index contributed by atoms with van der Waals surface area (Å²) in [5, 5.41) is 14.9. The van der Waals surface area contributed by atoms with Gasteiger partial charge >= 0.3 is 0 Å². The number of rotatable bonds is 0. The van der Waals surface area contributed by atoms with Crippen molar-refractivity contribution in [2.45, 2.75) is 25.4 Å². The quantitative estimate of drug-likeness (QED) is 0.387. The summed E-state index contributed by atoms with van der Waals surface area (Å²) < 4.78 is 0. The molecule has 1 atom stereocenters. The third-order valence-electron chi connectivity index (χ3n) is 1.83. The first-order valence-corrected chi connectivity index (χ1v) is 3.47. The molecule has 3 heteroatoms. The molecule has 1 saturated carbocycles. The molecule has 0 aromatic carbocycles. The highest BCUT2D eigenvalue weighted by Gasteiger charge is 2.23. The average Bonchev–Trinajstić information content (AvgIpc) is 1.88. The molecule has 56 valence electrons. The Kier molecular flexibility index (Phi) is 2.06. The van der Waals surface area contributed by atoms with Crippen molar-refractivity contribution in [2.24, 2.45) is 5.73 Å². The molecule has 1 unspecified atom stereocenters. The van der Waals surface area contributed by atoms with E-state index in [0.717, 1.165) is 25.0 Å². The molecule has 0 radical (unpaired) electrons. The maximum atomic E-state index is 9.29. The summed E-state index contributed by atoms with van der Waals surface area (Å²) >= 11 is 0. The van der Waals surface area contributed by atoms with Crippen molar-refractivity contribution in [3.63, 3.8) is 0 Å². The average molecular weight is 141 g/mol. The zero-order chi connectivity index (χ0) is 7.56. The van der Waals surface area contributed by atoms with Crippen molar-refractivity contribution in [3.8, 4) is 0 Å². The van der Waals surface area contributed by atoms with Crippen LogP contribution in [0.3, 0.4) is 0 Å². The van der Waals surface area contributed by atoms with Crippen LogP contribution in [0.25, 0.3) is 0 Å². The minimum Gasteiger partial charge on any atom is -0.404 e. The standard InChI is InChI=1S/C7H12N2O/c8-4-5-6(9)2-1-3-7(5)10/h4,7,9-10H,1-3,8H2/p+1/b5-4+,9-6?. The van der Waals surface area contributed by atoms with Crippen LogP contribution in [0.1, 0.15) is 19.3 Å². The minimum atomic E-state index is -0.432. The van der Waals surface area contributed by atoms with Crippen LogP contribution in [-0.2, 0) is 0 Å². The van der Waals surface area contributed by atoms with Gasteiger partial charge in [-0.25, -0.2) is 0 Å². The smallest absolute Gasteiger partial charge is 0.180 e. The topological polar surface area (TPSA) is 71.8 Å². The van der Waals surface area contributed by atoms with Gasteiger partial charge in [0.25, 0.3) is 0 Å².